The van der Waals surface area contributed by atoms with Gasteiger partial charge in [-0.25, -0.2) is 0 Å². The van der Waals surface area contributed by atoms with Gasteiger partial charge in [0.1, 0.15) is 0 Å². The van der Waals surface area contributed by atoms with E-state index in [0.29, 0.717) is 5.41 Å². The maximum Gasteiger partial charge on any atom is 0.0525 e. The number of nitrogens with one attached hydrogen (secondary N) is 1. The van der Waals surface area contributed by atoms with Crippen LogP contribution >= 0.6 is 0 Å². The fraction of sp³-hybridized carbons (Fsp3) is 0.667. The Morgan fingerprint density at radius 3 is 2.67 bits per heavy atom. The van der Waals surface area contributed by atoms with Crippen LogP contribution in [0.4, 0.5) is 0 Å². The highest BCUT2D eigenvalue weighted by Gasteiger charge is 2.61. The Labute approximate surface area is 72.4 Å². The number of hydrogen-bond donors (Lipinski definition) is 2. The van der Waals surface area contributed by atoms with E-state index in [0.717, 1.165) is 6.54 Å². The van der Waals surface area contributed by atoms with Crippen molar-refractivity contribution in [2.24, 2.45) is 11.1 Å². The highest BCUT2D eigenvalue weighted by Crippen LogP contribution is 2.63. The minimum absolute atomic E-state index is 0.194. The van der Waals surface area contributed by atoms with Gasteiger partial charge in [-0.3, -0.25) is 5.10 Å². The van der Waals surface area contributed by atoms with Crippen LogP contribution in [0.3, 0.4) is 0 Å². The van der Waals surface area contributed by atoms with Crippen LogP contribution in [0.5, 0.6) is 0 Å². The molecule has 0 amide bonds. The molecule has 0 bridgehead atoms. The Kier molecular flexibility index (Phi) is 1.37. The molecule has 0 saturated heterocycles. The lowest BCUT2D eigenvalue weighted by atomic mass is 9.90. The van der Waals surface area contributed by atoms with E-state index in [-0.39, 0.29) is 5.41 Å². The first-order valence-electron chi connectivity index (χ1n) is 4.32. The van der Waals surface area contributed by atoms with Crippen LogP contribution < -0.4 is 5.73 Å². The van der Waals surface area contributed by atoms with Crippen LogP contribution in [0.25, 0.3) is 0 Å². The van der Waals surface area contributed by atoms with Gasteiger partial charge in [-0.15, -0.1) is 0 Å². The van der Waals surface area contributed by atoms with Gasteiger partial charge in [0.15, 0.2) is 0 Å². The third kappa shape index (κ3) is 0.771. The van der Waals surface area contributed by atoms with E-state index in [2.05, 4.69) is 24.0 Å². The average Bonchev–Trinajstić information content (AvgIpc) is 2.52. The molecule has 12 heavy (non-hydrogen) atoms. The van der Waals surface area contributed by atoms with Gasteiger partial charge in [0.2, 0.25) is 0 Å². The van der Waals surface area contributed by atoms with Crippen LogP contribution in [0.15, 0.2) is 12.4 Å². The third-order valence-electron chi connectivity index (χ3n) is 3.31. The van der Waals surface area contributed by atoms with Crippen molar-refractivity contribution >= 4 is 0 Å². The Balaban J connectivity index is 2.34. The summed E-state index contributed by atoms with van der Waals surface area (Å²) in [5.74, 6) is 0. The van der Waals surface area contributed by atoms with Crippen LogP contribution in [0, 0.1) is 5.41 Å². The van der Waals surface area contributed by atoms with Crippen molar-refractivity contribution in [2.45, 2.75) is 25.7 Å². The first-order chi connectivity index (χ1) is 5.62. The molecule has 66 valence electrons. The second-order valence-corrected chi connectivity index (χ2v) is 4.33. The Bertz CT molecular complexity index is 276. The van der Waals surface area contributed by atoms with Gasteiger partial charge in [-0.2, -0.15) is 5.10 Å². The fourth-order valence-corrected chi connectivity index (χ4v) is 2.18. The molecule has 1 saturated carbocycles. The van der Waals surface area contributed by atoms with E-state index in [1.54, 1.807) is 0 Å². The summed E-state index contributed by atoms with van der Waals surface area (Å²) in [6, 6.07) is 0. The summed E-state index contributed by atoms with van der Waals surface area (Å²) in [4.78, 5) is 0. The lowest BCUT2D eigenvalue weighted by Crippen LogP contribution is -2.24. The maximum absolute atomic E-state index is 5.79. The first-order valence-corrected chi connectivity index (χ1v) is 4.32. The van der Waals surface area contributed by atoms with Gasteiger partial charge in [-0.1, -0.05) is 13.8 Å². The first kappa shape index (κ1) is 7.80. The molecule has 1 heterocycles. The van der Waals surface area contributed by atoms with E-state index in [4.69, 9.17) is 5.73 Å². The lowest BCUT2D eigenvalue weighted by Gasteiger charge is -2.15. The summed E-state index contributed by atoms with van der Waals surface area (Å²) in [5, 5.41) is 6.80. The largest absolute Gasteiger partial charge is 0.330 e. The minimum Gasteiger partial charge on any atom is -0.330 e. The molecule has 0 spiro atoms. The van der Waals surface area contributed by atoms with Crippen LogP contribution in [-0.2, 0) is 5.41 Å². The van der Waals surface area contributed by atoms with Gasteiger partial charge in [0.05, 0.1) is 6.20 Å². The fourth-order valence-electron chi connectivity index (χ4n) is 2.18. The van der Waals surface area contributed by atoms with Gasteiger partial charge >= 0.3 is 0 Å². The monoisotopic (exact) mass is 165 g/mol. The van der Waals surface area contributed by atoms with E-state index >= 15 is 0 Å². The predicted molar refractivity (Wildman–Crippen MR) is 47.7 cm³/mol. The summed E-state index contributed by atoms with van der Waals surface area (Å²) in [5.41, 5.74) is 7.60. The van der Waals surface area contributed by atoms with Gasteiger partial charge in [-0.05, 0) is 17.4 Å². The molecule has 1 fully saturated rings. The normalized spacial score (nSPS) is 31.9. The number of hydrogen-bond acceptors (Lipinski definition) is 2. The second kappa shape index (κ2) is 2.10. The predicted octanol–water partition coefficient (Wildman–Crippen LogP) is 1.04. The van der Waals surface area contributed by atoms with Crippen molar-refractivity contribution in [1.29, 1.82) is 0 Å². The van der Waals surface area contributed by atoms with E-state index in [9.17, 15) is 0 Å². The second-order valence-electron chi connectivity index (χ2n) is 4.33. The van der Waals surface area contributed by atoms with Crippen LogP contribution in [0.2, 0.25) is 0 Å². The summed E-state index contributed by atoms with van der Waals surface area (Å²) >= 11 is 0. The van der Waals surface area contributed by atoms with Crippen molar-refractivity contribution < 1.29 is 0 Å². The number of nitrogens with zero attached hydrogens (tertiary/aromatic N) is 1. The quantitative estimate of drug-likeness (QED) is 0.688. The van der Waals surface area contributed by atoms with Gasteiger partial charge < -0.3 is 5.73 Å². The molecule has 2 rings (SSSR count). The van der Waals surface area contributed by atoms with Crippen molar-refractivity contribution in [3.05, 3.63) is 18.0 Å². The lowest BCUT2D eigenvalue weighted by molar-refractivity contribution is 0.503. The molecule has 0 aromatic carbocycles. The molecular weight excluding hydrogens is 150 g/mol. The number of rotatable bonds is 2. The van der Waals surface area contributed by atoms with Crippen molar-refractivity contribution in [3.63, 3.8) is 0 Å². The SMILES string of the molecule is CC1(C)CC1(CN)c1cn[nH]c1. The molecule has 1 atom stereocenters. The summed E-state index contributed by atoms with van der Waals surface area (Å²) < 4.78 is 0. The molecule has 3 nitrogen and oxygen atoms in total. The number of nitrogens with two attached hydrogens (primary N) is 1. The molecule has 1 aliphatic rings. The molecular formula is C9H15N3. The van der Waals surface area contributed by atoms with Crippen molar-refractivity contribution in [3.8, 4) is 0 Å². The van der Waals surface area contributed by atoms with E-state index in [1.165, 1.54) is 12.0 Å². The highest BCUT2D eigenvalue weighted by atomic mass is 15.1. The van der Waals surface area contributed by atoms with Crippen LogP contribution in [0.1, 0.15) is 25.8 Å². The smallest absolute Gasteiger partial charge is 0.0525 e. The summed E-state index contributed by atoms with van der Waals surface area (Å²) in [6.07, 6.45) is 5.03. The Morgan fingerprint density at radius 2 is 2.33 bits per heavy atom. The minimum atomic E-state index is 0.194. The Hall–Kier alpha value is -0.830. The molecule has 3 heteroatoms. The summed E-state index contributed by atoms with van der Waals surface area (Å²) in [7, 11) is 0. The zero-order chi connectivity index (χ0) is 8.82. The summed E-state index contributed by atoms with van der Waals surface area (Å²) in [6.45, 7) is 5.24. The topological polar surface area (TPSA) is 54.7 Å². The molecule has 1 aliphatic carbocycles. The number of aromatic nitrogens is 2. The number of aromatic amines is 1. The molecule has 1 unspecified atom stereocenters. The van der Waals surface area contributed by atoms with Gasteiger partial charge in [0, 0.05) is 18.2 Å². The van der Waals surface area contributed by atoms with Crippen LogP contribution in [-0.4, -0.2) is 16.7 Å². The van der Waals surface area contributed by atoms with E-state index < -0.39 is 0 Å². The average molecular weight is 165 g/mol. The molecule has 0 aliphatic heterocycles. The van der Waals surface area contributed by atoms with Gasteiger partial charge in [0.25, 0.3) is 0 Å². The highest BCUT2D eigenvalue weighted by molar-refractivity contribution is 5.34. The Morgan fingerprint density at radius 1 is 1.67 bits per heavy atom. The molecule has 1 aromatic rings. The zero-order valence-corrected chi connectivity index (χ0v) is 7.59. The molecule has 0 radical (unpaired) electrons. The number of H-pyrrole nitrogens is 1. The third-order valence-corrected chi connectivity index (χ3v) is 3.31. The van der Waals surface area contributed by atoms with E-state index in [1.807, 2.05) is 12.4 Å². The van der Waals surface area contributed by atoms with Crippen molar-refractivity contribution in [2.75, 3.05) is 6.54 Å². The molecule has 3 N–H and O–H groups in total. The van der Waals surface area contributed by atoms with Crippen molar-refractivity contribution in [1.82, 2.24) is 10.2 Å². The zero-order valence-electron chi connectivity index (χ0n) is 7.59. The maximum atomic E-state index is 5.79. The standard InChI is InChI=1S/C9H15N3/c1-8(2)5-9(8,6-10)7-3-11-12-4-7/h3-4H,5-6,10H2,1-2H3,(H,11,12). The molecule has 1 aromatic heterocycles.